The molecule has 0 atom stereocenters. The fraction of sp³-hybridized carbons (Fsp3) is 0.0500. The van der Waals surface area contributed by atoms with E-state index in [0.717, 1.165) is 22.3 Å². The van der Waals surface area contributed by atoms with Crippen LogP contribution in [0, 0.1) is 17.1 Å². The molecule has 112 valence electrons. The Labute approximate surface area is 134 Å². The van der Waals surface area contributed by atoms with Crippen LogP contribution in [-0.4, -0.2) is 0 Å². The molecule has 3 aromatic rings. The molecule has 2 N–H and O–H groups in total. The zero-order chi connectivity index (χ0) is 16.2. The van der Waals surface area contributed by atoms with Crippen molar-refractivity contribution in [2.24, 2.45) is 5.73 Å². The predicted molar refractivity (Wildman–Crippen MR) is 89.9 cm³/mol. The lowest BCUT2D eigenvalue weighted by molar-refractivity contribution is 0.632. The van der Waals surface area contributed by atoms with Crippen LogP contribution >= 0.6 is 0 Å². The first-order chi connectivity index (χ1) is 11.2. The smallest absolute Gasteiger partial charge is 0.131 e. The van der Waals surface area contributed by atoms with E-state index >= 15 is 0 Å². The molecule has 23 heavy (non-hydrogen) atoms. The zero-order valence-corrected chi connectivity index (χ0v) is 12.5. The van der Waals surface area contributed by atoms with Gasteiger partial charge in [0.2, 0.25) is 0 Å². The predicted octanol–water partition coefficient (Wildman–Crippen LogP) is 4.49. The van der Waals surface area contributed by atoms with Crippen molar-refractivity contribution in [2.45, 2.75) is 6.54 Å². The van der Waals surface area contributed by atoms with Gasteiger partial charge >= 0.3 is 0 Å². The highest BCUT2D eigenvalue weighted by molar-refractivity contribution is 5.71. The zero-order valence-electron chi connectivity index (χ0n) is 12.5. The van der Waals surface area contributed by atoms with Crippen LogP contribution in [0.2, 0.25) is 0 Å². The van der Waals surface area contributed by atoms with Crippen molar-refractivity contribution in [3.05, 3.63) is 83.7 Å². The number of nitrogens with two attached hydrogens (primary N) is 1. The van der Waals surface area contributed by atoms with E-state index in [2.05, 4.69) is 6.07 Å². The highest BCUT2D eigenvalue weighted by Gasteiger charge is 2.07. The van der Waals surface area contributed by atoms with Crippen LogP contribution in [0.5, 0.6) is 0 Å². The van der Waals surface area contributed by atoms with Gasteiger partial charge in [0.1, 0.15) is 5.82 Å². The maximum atomic E-state index is 14.5. The number of nitriles is 1. The fourth-order valence-electron chi connectivity index (χ4n) is 2.49. The maximum Gasteiger partial charge on any atom is 0.131 e. The van der Waals surface area contributed by atoms with Crippen LogP contribution in [0.15, 0.2) is 66.7 Å². The van der Waals surface area contributed by atoms with Gasteiger partial charge < -0.3 is 5.73 Å². The van der Waals surface area contributed by atoms with Gasteiger partial charge in [-0.2, -0.15) is 5.26 Å². The van der Waals surface area contributed by atoms with E-state index < -0.39 is 0 Å². The molecule has 2 nitrogen and oxygen atoms in total. The summed E-state index contributed by atoms with van der Waals surface area (Å²) in [5, 5.41) is 8.82. The monoisotopic (exact) mass is 302 g/mol. The molecular weight excluding hydrogens is 287 g/mol. The Kier molecular flexibility index (Phi) is 4.18. The number of hydrogen-bond acceptors (Lipinski definition) is 2. The van der Waals surface area contributed by atoms with Gasteiger partial charge in [-0.25, -0.2) is 4.39 Å². The minimum atomic E-state index is -0.282. The first-order valence-corrected chi connectivity index (χ1v) is 7.31. The summed E-state index contributed by atoms with van der Waals surface area (Å²) in [5.41, 5.74) is 10.2. The van der Waals surface area contributed by atoms with Gasteiger partial charge in [0.25, 0.3) is 0 Å². The summed E-state index contributed by atoms with van der Waals surface area (Å²) in [6.45, 7) is 0.492. The van der Waals surface area contributed by atoms with Crippen molar-refractivity contribution in [3.63, 3.8) is 0 Å². The van der Waals surface area contributed by atoms with Crippen molar-refractivity contribution in [1.29, 1.82) is 5.26 Å². The van der Waals surface area contributed by atoms with Crippen LogP contribution < -0.4 is 5.73 Å². The van der Waals surface area contributed by atoms with Crippen molar-refractivity contribution >= 4 is 0 Å². The normalized spacial score (nSPS) is 10.3. The Balaban J connectivity index is 1.94. The fourth-order valence-corrected chi connectivity index (χ4v) is 2.49. The highest BCUT2D eigenvalue weighted by Crippen LogP contribution is 2.28. The van der Waals surface area contributed by atoms with Gasteiger partial charge in [-0.05, 0) is 40.5 Å². The summed E-state index contributed by atoms with van der Waals surface area (Å²) >= 11 is 0. The number of halogens is 1. The average Bonchev–Trinajstić information content (AvgIpc) is 2.62. The Morgan fingerprint density at radius 1 is 0.826 bits per heavy atom. The van der Waals surface area contributed by atoms with Crippen LogP contribution in [-0.2, 0) is 6.54 Å². The standard InChI is InChI=1S/C20H15FN2/c21-20-11-18(16-5-1-14(12-22)2-6-16)9-10-19(20)17-7-3-15(13-23)4-8-17/h1-11H,12,22H2. The molecule has 0 aliphatic carbocycles. The highest BCUT2D eigenvalue weighted by atomic mass is 19.1. The van der Waals surface area contributed by atoms with Gasteiger partial charge in [0.05, 0.1) is 11.6 Å². The van der Waals surface area contributed by atoms with E-state index in [0.29, 0.717) is 17.7 Å². The van der Waals surface area contributed by atoms with Gasteiger partial charge in [-0.3, -0.25) is 0 Å². The minimum Gasteiger partial charge on any atom is -0.326 e. The molecule has 0 saturated heterocycles. The van der Waals surface area contributed by atoms with Crippen LogP contribution in [0.3, 0.4) is 0 Å². The number of nitrogens with zero attached hydrogens (tertiary/aromatic N) is 1. The average molecular weight is 302 g/mol. The summed E-state index contributed by atoms with van der Waals surface area (Å²) in [4.78, 5) is 0. The third-order valence-corrected chi connectivity index (χ3v) is 3.82. The molecule has 3 aromatic carbocycles. The summed E-state index contributed by atoms with van der Waals surface area (Å²) in [6.07, 6.45) is 0. The minimum absolute atomic E-state index is 0.282. The molecule has 0 saturated carbocycles. The first kappa shape index (κ1) is 15.0. The second-order valence-corrected chi connectivity index (χ2v) is 5.28. The lowest BCUT2D eigenvalue weighted by Gasteiger charge is -2.08. The third kappa shape index (κ3) is 3.13. The summed E-state index contributed by atoms with van der Waals surface area (Å²) in [7, 11) is 0. The van der Waals surface area contributed by atoms with Crippen LogP contribution in [0.25, 0.3) is 22.3 Å². The lowest BCUT2D eigenvalue weighted by Crippen LogP contribution is -1.95. The molecule has 0 aliphatic heterocycles. The molecule has 0 aromatic heterocycles. The number of rotatable bonds is 3. The molecule has 0 amide bonds. The molecule has 3 heteroatoms. The van der Waals surface area contributed by atoms with E-state index in [1.807, 2.05) is 30.3 Å². The molecule has 0 fully saturated rings. The SMILES string of the molecule is N#Cc1ccc(-c2ccc(-c3ccc(CN)cc3)cc2F)cc1. The van der Waals surface area contributed by atoms with Crippen molar-refractivity contribution < 1.29 is 4.39 Å². The van der Waals surface area contributed by atoms with E-state index in [9.17, 15) is 4.39 Å². The first-order valence-electron chi connectivity index (χ1n) is 7.31. The largest absolute Gasteiger partial charge is 0.326 e. The van der Waals surface area contributed by atoms with E-state index in [1.54, 1.807) is 30.3 Å². The number of benzene rings is 3. The topological polar surface area (TPSA) is 49.8 Å². The van der Waals surface area contributed by atoms with Crippen molar-refractivity contribution in [2.75, 3.05) is 0 Å². The Bertz CT molecular complexity index is 860. The van der Waals surface area contributed by atoms with Crippen LogP contribution in [0.4, 0.5) is 4.39 Å². The maximum absolute atomic E-state index is 14.5. The molecule has 0 aliphatic rings. The summed E-state index contributed by atoms with van der Waals surface area (Å²) in [5.74, 6) is -0.282. The molecule has 0 unspecified atom stereocenters. The Hall–Kier alpha value is -2.96. The Morgan fingerprint density at radius 3 is 2.00 bits per heavy atom. The third-order valence-electron chi connectivity index (χ3n) is 3.82. The Morgan fingerprint density at radius 2 is 1.43 bits per heavy atom. The van der Waals surface area contributed by atoms with E-state index in [1.165, 1.54) is 6.07 Å². The molecule has 0 bridgehead atoms. The van der Waals surface area contributed by atoms with Gasteiger partial charge in [0.15, 0.2) is 0 Å². The molecule has 0 radical (unpaired) electrons. The molecule has 0 spiro atoms. The van der Waals surface area contributed by atoms with Crippen molar-refractivity contribution in [1.82, 2.24) is 0 Å². The summed E-state index contributed by atoms with van der Waals surface area (Å²) < 4.78 is 14.5. The van der Waals surface area contributed by atoms with Crippen molar-refractivity contribution in [3.8, 4) is 28.3 Å². The van der Waals surface area contributed by atoms with Gasteiger partial charge in [-0.15, -0.1) is 0 Å². The number of hydrogen-bond donors (Lipinski definition) is 1. The summed E-state index contributed by atoms with van der Waals surface area (Å²) in [6, 6.07) is 21.9. The van der Waals surface area contributed by atoms with Gasteiger partial charge in [0, 0.05) is 12.1 Å². The van der Waals surface area contributed by atoms with Gasteiger partial charge in [-0.1, -0.05) is 48.5 Å². The van der Waals surface area contributed by atoms with E-state index in [4.69, 9.17) is 11.0 Å². The second-order valence-electron chi connectivity index (χ2n) is 5.28. The molecule has 0 heterocycles. The second kappa shape index (κ2) is 6.43. The van der Waals surface area contributed by atoms with Crippen LogP contribution in [0.1, 0.15) is 11.1 Å². The molecule has 3 rings (SSSR count). The lowest BCUT2D eigenvalue weighted by atomic mass is 9.98. The van der Waals surface area contributed by atoms with E-state index in [-0.39, 0.29) is 5.82 Å². The quantitative estimate of drug-likeness (QED) is 0.775. The molecular formula is C20H15FN2.